The number of anilines is 1. The summed E-state index contributed by atoms with van der Waals surface area (Å²) in [6.07, 6.45) is 1.93. The number of para-hydroxylation sites is 1. The molecule has 0 amide bonds. The minimum atomic E-state index is 0.425. The molecule has 1 aromatic heterocycles. The van der Waals surface area contributed by atoms with Crippen molar-refractivity contribution in [2.45, 2.75) is 12.1 Å². The molecule has 15 heavy (non-hydrogen) atoms. The van der Waals surface area contributed by atoms with E-state index < -0.39 is 0 Å². The zero-order chi connectivity index (χ0) is 10.8. The van der Waals surface area contributed by atoms with Crippen molar-refractivity contribution in [3.63, 3.8) is 0 Å². The van der Waals surface area contributed by atoms with Crippen LogP contribution in [0.15, 0.2) is 29.4 Å². The van der Waals surface area contributed by atoms with Crippen LogP contribution in [0.3, 0.4) is 0 Å². The van der Waals surface area contributed by atoms with Crippen molar-refractivity contribution in [1.82, 2.24) is 14.8 Å². The van der Waals surface area contributed by atoms with E-state index >= 15 is 0 Å². The van der Waals surface area contributed by atoms with E-state index in [2.05, 4.69) is 10.1 Å². The van der Waals surface area contributed by atoms with E-state index in [-0.39, 0.29) is 0 Å². The Hall–Kier alpha value is -1.49. The topological polar surface area (TPSA) is 56.7 Å². The number of aromatic nitrogens is 3. The third-order valence-corrected chi connectivity index (χ3v) is 2.68. The molecule has 4 nitrogen and oxygen atoms in total. The zero-order valence-corrected chi connectivity index (χ0v) is 9.45. The lowest BCUT2D eigenvalue weighted by Gasteiger charge is -2.05. The fourth-order valence-corrected chi connectivity index (χ4v) is 1.72. The van der Waals surface area contributed by atoms with Crippen molar-refractivity contribution >= 4 is 17.7 Å². The maximum atomic E-state index is 5.79. The monoisotopic (exact) mass is 220 g/mol. The average molecular weight is 220 g/mol. The molecule has 2 N–H and O–H groups in total. The first-order valence-corrected chi connectivity index (χ1v) is 5.77. The maximum absolute atomic E-state index is 5.79. The SMILES string of the molecule is CSc1nc(N)n(-c2ccccc2C)n1. The van der Waals surface area contributed by atoms with Crippen LogP contribution < -0.4 is 5.73 Å². The second-order valence-corrected chi connectivity index (χ2v) is 3.93. The molecule has 5 heteroatoms. The molecule has 0 saturated carbocycles. The van der Waals surface area contributed by atoms with E-state index in [9.17, 15) is 0 Å². The molecule has 2 aromatic rings. The van der Waals surface area contributed by atoms with Gasteiger partial charge in [0.2, 0.25) is 11.1 Å². The molecule has 1 heterocycles. The Kier molecular flexibility index (Phi) is 2.64. The Labute approximate surface area is 92.5 Å². The van der Waals surface area contributed by atoms with Crippen molar-refractivity contribution < 1.29 is 0 Å². The average Bonchev–Trinajstić information content (AvgIpc) is 2.60. The van der Waals surface area contributed by atoms with Gasteiger partial charge in [0.05, 0.1) is 5.69 Å². The number of nitrogens with zero attached hydrogens (tertiary/aromatic N) is 3. The van der Waals surface area contributed by atoms with E-state index in [0.29, 0.717) is 11.1 Å². The Balaban J connectivity index is 2.54. The van der Waals surface area contributed by atoms with Crippen molar-refractivity contribution in [1.29, 1.82) is 0 Å². The van der Waals surface area contributed by atoms with Gasteiger partial charge in [0.15, 0.2) is 0 Å². The van der Waals surface area contributed by atoms with Crippen LogP contribution in [-0.2, 0) is 0 Å². The summed E-state index contributed by atoms with van der Waals surface area (Å²) in [6.45, 7) is 2.02. The minimum absolute atomic E-state index is 0.425. The first-order chi connectivity index (χ1) is 7.22. The van der Waals surface area contributed by atoms with Gasteiger partial charge in [-0.3, -0.25) is 0 Å². The number of benzene rings is 1. The van der Waals surface area contributed by atoms with Crippen molar-refractivity contribution in [2.24, 2.45) is 0 Å². The fraction of sp³-hybridized carbons (Fsp3) is 0.200. The second-order valence-electron chi connectivity index (χ2n) is 3.15. The number of thioether (sulfide) groups is 1. The highest BCUT2D eigenvalue weighted by Gasteiger charge is 2.08. The highest BCUT2D eigenvalue weighted by molar-refractivity contribution is 7.98. The molecular weight excluding hydrogens is 208 g/mol. The number of hydrogen-bond donors (Lipinski definition) is 1. The van der Waals surface area contributed by atoms with Crippen LogP contribution in [0.1, 0.15) is 5.56 Å². The van der Waals surface area contributed by atoms with Crippen LogP contribution in [0.5, 0.6) is 0 Å². The molecule has 2 rings (SSSR count). The first kappa shape index (κ1) is 10.0. The van der Waals surface area contributed by atoms with Crippen LogP contribution >= 0.6 is 11.8 Å². The number of aryl methyl sites for hydroxylation is 1. The van der Waals surface area contributed by atoms with Crippen molar-refractivity contribution in [3.8, 4) is 5.69 Å². The summed E-state index contributed by atoms with van der Waals surface area (Å²) in [5, 5.41) is 4.99. The second kappa shape index (κ2) is 3.94. The van der Waals surface area contributed by atoms with Gasteiger partial charge in [0, 0.05) is 0 Å². The van der Waals surface area contributed by atoms with Crippen LogP contribution in [0.25, 0.3) is 5.69 Å². The highest BCUT2D eigenvalue weighted by Crippen LogP contribution is 2.18. The van der Waals surface area contributed by atoms with Crippen LogP contribution in [0.2, 0.25) is 0 Å². The highest BCUT2D eigenvalue weighted by atomic mass is 32.2. The number of nitrogen functional groups attached to an aromatic ring is 1. The predicted molar refractivity (Wildman–Crippen MR) is 62.3 cm³/mol. The van der Waals surface area contributed by atoms with Gasteiger partial charge in [-0.15, -0.1) is 5.10 Å². The van der Waals surface area contributed by atoms with E-state index in [1.807, 2.05) is 37.4 Å². The third kappa shape index (κ3) is 1.83. The molecule has 0 saturated heterocycles. The van der Waals surface area contributed by atoms with Crippen LogP contribution in [-0.4, -0.2) is 21.0 Å². The van der Waals surface area contributed by atoms with Gasteiger partial charge >= 0.3 is 0 Å². The van der Waals surface area contributed by atoms with Crippen molar-refractivity contribution in [2.75, 3.05) is 12.0 Å². The Morgan fingerprint density at radius 1 is 1.33 bits per heavy atom. The quantitative estimate of drug-likeness (QED) is 0.785. The van der Waals surface area contributed by atoms with E-state index in [1.54, 1.807) is 4.68 Å². The van der Waals surface area contributed by atoms with Gasteiger partial charge in [-0.1, -0.05) is 30.0 Å². The van der Waals surface area contributed by atoms with Gasteiger partial charge in [0.1, 0.15) is 0 Å². The molecule has 78 valence electrons. The molecule has 1 aromatic carbocycles. The summed E-state index contributed by atoms with van der Waals surface area (Å²) >= 11 is 1.48. The molecule has 0 radical (unpaired) electrons. The zero-order valence-electron chi connectivity index (χ0n) is 8.64. The molecular formula is C10H12N4S. The fourth-order valence-electron chi connectivity index (χ4n) is 1.37. The Morgan fingerprint density at radius 2 is 2.07 bits per heavy atom. The molecule has 0 aliphatic heterocycles. The molecule has 0 atom stereocenters. The normalized spacial score (nSPS) is 10.5. The number of nitrogens with two attached hydrogens (primary N) is 1. The largest absolute Gasteiger partial charge is 0.368 e. The standard InChI is InChI=1S/C10H12N4S/c1-7-5-3-4-6-8(7)14-9(11)12-10(13-14)15-2/h3-6H,1-2H3,(H2,11,12,13). The summed E-state index contributed by atoms with van der Waals surface area (Å²) in [5.74, 6) is 0.425. The number of hydrogen-bond acceptors (Lipinski definition) is 4. The van der Waals surface area contributed by atoms with Gasteiger partial charge in [-0.2, -0.15) is 9.67 Å². The van der Waals surface area contributed by atoms with E-state index in [4.69, 9.17) is 5.73 Å². The predicted octanol–water partition coefficient (Wildman–Crippen LogP) is 1.88. The van der Waals surface area contributed by atoms with Gasteiger partial charge in [-0.05, 0) is 24.8 Å². The molecule has 0 unspecified atom stereocenters. The summed E-state index contributed by atoms with van der Waals surface area (Å²) < 4.78 is 1.67. The Morgan fingerprint density at radius 3 is 2.67 bits per heavy atom. The third-order valence-electron chi connectivity index (χ3n) is 2.14. The molecule has 0 bridgehead atoms. The Bertz CT molecular complexity index is 478. The molecule has 0 aliphatic carbocycles. The van der Waals surface area contributed by atoms with E-state index in [1.165, 1.54) is 11.8 Å². The minimum Gasteiger partial charge on any atom is -0.368 e. The van der Waals surface area contributed by atoms with Crippen LogP contribution in [0, 0.1) is 6.92 Å². The lowest BCUT2D eigenvalue weighted by atomic mass is 10.2. The first-order valence-electron chi connectivity index (χ1n) is 4.55. The molecule has 0 fully saturated rings. The molecule has 0 spiro atoms. The smallest absolute Gasteiger partial charge is 0.224 e. The van der Waals surface area contributed by atoms with Gasteiger partial charge in [-0.25, -0.2) is 0 Å². The van der Waals surface area contributed by atoms with Crippen LogP contribution in [0.4, 0.5) is 5.95 Å². The lowest BCUT2D eigenvalue weighted by molar-refractivity contribution is 0.836. The summed E-state index contributed by atoms with van der Waals surface area (Å²) in [4.78, 5) is 4.14. The van der Waals surface area contributed by atoms with Gasteiger partial charge < -0.3 is 5.73 Å². The lowest BCUT2D eigenvalue weighted by Crippen LogP contribution is -2.03. The summed E-state index contributed by atoms with van der Waals surface area (Å²) in [6, 6.07) is 7.95. The van der Waals surface area contributed by atoms with Crippen molar-refractivity contribution in [3.05, 3.63) is 29.8 Å². The molecule has 0 aliphatic rings. The number of rotatable bonds is 2. The van der Waals surface area contributed by atoms with E-state index in [0.717, 1.165) is 11.3 Å². The van der Waals surface area contributed by atoms with Gasteiger partial charge in [0.25, 0.3) is 0 Å². The maximum Gasteiger partial charge on any atom is 0.224 e. The summed E-state index contributed by atoms with van der Waals surface area (Å²) in [5.41, 5.74) is 7.90. The summed E-state index contributed by atoms with van der Waals surface area (Å²) in [7, 11) is 0.